The molecule has 2 N–H and O–H groups in total. The Morgan fingerprint density at radius 1 is 0.850 bits per heavy atom. The number of benzene rings is 1. The molecule has 0 spiro atoms. The normalized spacial score (nSPS) is 10.0. The zero-order valence-corrected chi connectivity index (χ0v) is 10.1. The van der Waals surface area contributed by atoms with Crippen molar-refractivity contribution in [1.29, 1.82) is 0 Å². The number of nitrogens with zero attached hydrogens (tertiary/aromatic N) is 1. The Balaban J connectivity index is 2.41. The second-order valence-corrected chi connectivity index (χ2v) is 3.92. The molecule has 100 valence electrons. The lowest BCUT2D eigenvalue weighted by molar-refractivity contribution is 0.0680. The van der Waals surface area contributed by atoms with Crippen molar-refractivity contribution in [1.82, 2.24) is 4.98 Å². The number of rotatable bonds is 4. The molecule has 0 saturated heterocycles. The molecule has 0 unspecified atom stereocenters. The third kappa shape index (κ3) is 2.54. The highest BCUT2D eigenvalue weighted by Crippen LogP contribution is 2.14. The number of ketones is 1. The number of carboxylic acids is 2. The van der Waals surface area contributed by atoms with E-state index in [0.29, 0.717) is 0 Å². The number of pyridine rings is 1. The quantitative estimate of drug-likeness (QED) is 0.820. The fourth-order valence-electron chi connectivity index (χ4n) is 1.68. The lowest BCUT2D eigenvalue weighted by Crippen LogP contribution is -2.11. The lowest BCUT2D eigenvalue weighted by Gasteiger charge is -2.04. The molecule has 2 rings (SSSR count). The summed E-state index contributed by atoms with van der Waals surface area (Å²) in [5, 5.41) is 17.8. The SMILES string of the molecule is O=C(O)c1ccc(C(=O)c2cccnc2C(=O)O)cc1. The molecule has 6 nitrogen and oxygen atoms in total. The van der Waals surface area contributed by atoms with Crippen LogP contribution >= 0.6 is 0 Å². The van der Waals surface area contributed by atoms with Gasteiger partial charge in [0.25, 0.3) is 0 Å². The van der Waals surface area contributed by atoms with Crippen LogP contribution in [0.2, 0.25) is 0 Å². The molecule has 1 aromatic heterocycles. The van der Waals surface area contributed by atoms with Crippen LogP contribution < -0.4 is 0 Å². The first kappa shape index (κ1) is 13.4. The Labute approximate surface area is 113 Å². The van der Waals surface area contributed by atoms with E-state index in [-0.39, 0.29) is 22.4 Å². The van der Waals surface area contributed by atoms with Crippen LogP contribution in [-0.2, 0) is 0 Å². The van der Waals surface area contributed by atoms with Crippen LogP contribution in [0.5, 0.6) is 0 Å². The minimum Gasteiger partial charge on any atom is -0.478 e. The van der Waals surface area contributed by atoms with E-state index in [1.807, 2.05) is 0 Å². The van der Waals surface area contributed by atoms with Gasteiger partial charge in [-0.2, -0.15) is 0 Å². The molecule has 0 fully saturated rings. The molecule has 0 bridgehead atoms. The summed E-state index contributed by atoms with van der Waals surface area (Å²) >= 11 is 0. The van der Waals surface area contributed by atoms with Crippen LogP contribution in [0.4, 0.5) is 0 Å². The first-order valence-corrected chi connectivity index (χ1v) is 5.57. The van der Waals surface area contributed by atoms with Gasteiger partial charge in [-0.25, -0.2) is 14.6 Å². The highest BCUT2D eigenvalue weighted by atomic mass is 16.4. The summed E-state index contributed by atoms with van der Waals surface area (Å²) in [6.07, 6.45) is 1.29. The van der Waals surface area contributed by atoms with E-state index >= 15 is 0 Å². The second-order valence-electron chi connectivity index (χ2n) is 3.92. The third-order valence-electron chi connectivity index (χ3n) is 2.65. The van der Waals surface area contributed by atoms with Gasteiger partial charge in [0, 0.05) is 11.8 Å². The second kappa shape index (κ2) is 5.31. The van der Waals surface area contributed by atoms with Crippen molar-refractivity contribution in [2.24, 2.45) is 0 Å². The fraction of sp³-hybridized carbons (Fsp3) is 0. The molecular weight excluding hydrogens is 262 g/mol. The predicted octanol–water partition coefficient (Wildman–Crippen LogP) is 1.71. The highest BCUT2D eigenvalue weighted by molar-refractivity contribution is 6.13. The van der Waals surface area contributed by atoms with Gasteiger partial charge in [0.1, 0.15) is 0 Å². The van der Waals surface area contributed by atoms with E-state index in [1.165, 1.54) is 42.6 Å². The molecule has 0 saturated carbocycles. The summed E-state index contributed by atoms with van der Waals surface area (Å²) in [5.41, 5.74) is -0.125. The molecule has 1 aromatic carbocycles. The number of aromatic nitrogens is 1. The summed E-state index contributed by atoms with van der Waals surface area (Å²) in [6.45, 7) is 0. The van der Waals surface area contributed by atoms with Gasteiger partial charge >= 0.3 is 11.9 Å². The van der Waals surface area contributed by atoms with Gasteiger partial charge in [-0.05, 0) is 24.3 Å². The van der Waals surface area contributed by atoms with Crippen molar-refractivity contribution in [3.8, 4) is 0 Å². The first-order chi connectivity index (χ1) is 9.50. The van der Waals surface area contributed by atoms with E-state index < -0.39 is 17.7 Å². The van der Waals surface area contributed by atoms with E-state index in [9.17, 15) is 14.4 Å². The number of hydrogen-bond acceptors (Lipinski definition) is 4. The topological polar surface area (TPSA) is 105 Å². The van der Waals surface area contributed by atoms with Crippen LogP contribution in [0, 0.1) is 0 Å². The Morgan fingerprint density at radius 3 is 2.00 bits per heavy atom. The van der Waals surface area contributed by atoms with Crippen molar-refractivity contribution in [2.45, 2.75) is 0 Å². The maximum atomic E-state index is 12.2. The first-order valence-electron chi connectivity index (χ1n) is 5.57. The smallest absolute Gasteiger partial charge is 0.355 e. The maximum Gasteiger partial charge on any atom is 0.355 e. The van der Waals surface area contributed by atoms with Crippen LogP contribution in [-0.4, -0.2) is 32.9 Å². The molecule has 6 heteroatoms. The average Bonchev–Trinajstić information content (AvgIpc) is 2.46. The summed E-state index contributed by atoms with van der Waals surface area (Å²) in [5.74, 6) is -2.92. The maximum absolute atomic E-state index is 12.2. The van der Waals surface area contributed by atoms with E-state index in [2.05, 4.69) is 4.98 Å². The molecular formula is C14H9NO5. The molecule has 0 aliphatic heterocycles. The summed E-state index contributed by atoms with van der Waals surface area (Å²) in [4.78, 5) is 37.6. The molecule has 20 heavy (non-hydrogen) atoms. The van der Waals surface area contributed by atoms with E-state index in [1.54, 1.807) is 0 Å². The van der Waals surface area contributed by atoms with Gasteiger partial charge in [0.2, 0.25) is 0 Å². The van der Waals surface area contributed by atoms with Gasteiger partial charge in [-0.15, -0.1) is 0 Å². The van der Waals surface area contributed by atoms with Crippen LogP contribution in [0.25, 0.3) is 0 Å². The summed E-state index contributed by atoms with van der Waals surface area (Å²) in [6, 6.07) is 8.07. The predicted molar refractivity (Wildman–Crippen MR) is 68.0 cm³/mol. The zero-order chi connectivity index (χ0) is 14.7. The molecule has 0 radical (unpaired) electrons. The van der Waals surface area contributed by atoms with Gasteiger partial charge in [0.15, 0.2) is 11.5 Å². The Hall–Kier alpha value is -3.02. The van der Waals surface area contributed by atoms with Gasteiger partial charge in [0.05, 0.1) is 11.1 Å². The number of aromatic carboxylic acids is 2. The Kier molecular flexibility index (Phi) is 3.56. The standard InChI is InChI=1S/C14H9NO5/c16-12(8-3-5-9(6-4-8)13(17)18)10-2-1-7-15-11(10)14(19)20/h1-7H,(H,17,18)(H,19,20). The van der Waals surface area contributed by atoms with Gasteiger partial charge in [-0.1, -0.05) is 12.1 Å². The molecule has 0 aliphatic rings. The lowest BCUT2D eigenvalue weighted by atomic mass is 10.0. The third-order valence-corrected chi connectivity index (χ3v) is 2.65. The Bertz CT molecular complexity index is 691. The molecule has 0 atom stereocenters. The fourth-order valence-corrected chi connectivity index (χ4v) is 1.68. The van der Waals surface area contributed by atoms with Crippen LogP contribution in [0.15, 0.2) is 42.6 Å². The number of hydrogen-bond donors (Lipinski definition) is 2. The highest BCUT2D eigenvalue weighted by Gasteiger charge is 2.19. The van der Waals surface area contributed by atoms with E-state index in [4.69, 9.17) is 10.2 Å². The number of carboxylic acid groups (broad SMARTS) is 2. The van der Waals surface area contributed by atoms with Crippen molar-refractivity contribution in [2.75, 3.05) is 0 Å². The molecule has 1 heterocycles. The molecule has 0 aliphatic carbocycles. The van der Waals surface area contributed by atoms with Crippen LogP contribution in [0.3, 0.4) is 0 Å². The number of carbonyl (C=O) groups excluding carboxylic acids is 1. The average molecular weight is 271 g/mol. The summed E-state index contributed by atoms with van der Waals surface area (Å²) in [7, 11) is 0. The van der Waals surface area contributed by atoms with Crippen molar-refractivity contribution in [3.63, 3.8) is 0 Å². The number of carbonyl (C=O) groups is 3. The van der Waals surface area contributed by atoms with Crippen molar-refractivity contribution >= 4 is 17.7 Å². The molecule has 2 aromatic rings. The van der Waals surface area contributed by atoms with Crippen LogP contribution in [0.1, 0.15) is 36.8 Å². The minimum atomic E-state index is -1.30. The van der Waals surface area contributed by atoms with Crippen molar-refractivity contribution in [3.05, 3.63) is 65.0 Å². The Morgan fingerprint density at radius 2 is 1.45 bits per heavy atom. The van der Waals surface area contributed by atoms with Gasteiger partial charge in [-0.3, -0.25) is 4.79 Å². The minimum absolute atomic E-state index is 0.0388. The monoisotopic (exact) mass is 271 g/mol. The van der Waals surface area contributed by atoms with Gasteiger partial charge < -0.3 is 10.2 Å². The van der Waals surface area contributed by atoms with Crippen molar-refractivity contribution < 1.29 is 24.6 Å². The molecule has 0 amide bonds. The van der Waals surface area contributed by atoms with E-state index in [0.717, 1.165) is 0 Å². The zero-order valence-electron chi connectivity index (χ0n) is 10.1. The summed E-state index contributed by atoms with van der Waals surface area (Å²) < 4.78 is 0. The largest absolute Gasteiger partial charge is 0.478 e.